The molecule has 55 heavy (non-hydrogen) atoms. The fourth-order valence-electron chi connectivity index (χ4n) is 7.51. The molecule has 2 aliphatic rings. The Hall–Kier alpha value is -4.10. The highest BCUT2D eigenvalue weighted by atomic mass is 28.3. The molecule has 1 amide bonds. The van der Waals surface area contributed by atoms with E-state index >= 15 is 0 Å². The highest BCUT2D eigenvalue weighted by Crippen LogP contribution is 2.45. The average Bonchev–Trinajstić information content (AvgIpc) is 3.66. The average molecular weight is 782 g/mol. The van der Waals surface area contributed by atoms with Crippen LogP contribution in [0.1, 0.15) is 63.6 Å². The van der Waals surface area contributed by atoms with Crippen molar-refractivity contribution in [3.05, 3.63) is 66.1 Å². The molecule has 0 N–H and O–H groups in total. The molecule has 0 spiro atoms. The van der Waals surface area contributed by atoms with E-state index in [2.05, 4.69) is 51.4 Å². The van der Waals surface area contributed by atoms with Gasteiger partial charge in [0.2, 0.25) is 0 Å². The van der Waals surface area contributed by atoms with Crippen LogP contribution in [-0.4, -0.2) is 91.1 Å². The number of nitrogens with zero attached hydrogens (tertiary/aromatic N) is 7. The third-order valence-electron chi connectivity index (χ3n) is 10.4. The highest BCUT2D eigenvalue weighted by molar-refractivity contribution is 6.76. The maximum Gasteiger partial charge on any atom is 0.410 e. The van der Waals surface area contributed by atoms with Crippen molar-refractivity contribution in [1.29, 1.82) is 5.26 Å². The van der Waals surface area contributed by atoms with Gasteiger partial charge in [0.1, 0.15) is 30.7 Å². The highest BCUT2D eigenvalue weighted by Gasteiger charge is 2.46. The molecular formula is C42H59N7O4Si2. The van der Waals surface area contributed by atoms with Crippen LogP contribution in [0.15, 0.2) is 54.9 Å². The number of pyridine rings is 1. The Labute approximate surface area is 329 Å². The Morgan fingerprint density at radius 1 is 0.891 bits per heavy atom. The molecule has 2 fully saturated rings. The second-order valence-corrected chi connectivity index (χ2v) is 29.8. The van der Waals surface area contributed by atoms with Gasteiger partial charge in [0.15, 0.2) is 11.5 Å². The Morgan fingerprint density at radius 3 is 2.04 bits per heavy atom. The van der Waals surface area contributed by atoms with Crippen molar-refractivity contribution in [2.45, 2.75) is 121 Å². The molecular weight excluding hydrogens is 723 g/mol. The number of carbonyl (C=O) groups is 1. The second-order valence-electron chi connectivity index (χ2n) is 18.6. The predicted octanol–water partition coefficient (Wildman–Crippen LogP) is 9.41. The zero-order valence-corrected chi connectivity index (χ0v) is 36.3. The van der Waals surface area contributed by atoms with E-state index in [-0.39, 0.29) is 37.6 Å². The molecule has 0 saturated carbocycles. The number of carbonyl (C=O) groups excluding carboxylic acids is 1. The van der Waals surface area contributed by atoms with E-state index in [1.165, 1.54) is 0 Å². The Balaban J connectivity index is 1.43. The standard InChI is InChI=1S/C42H59N7O4Si2/c1-42(2,3)53-41(50)48-33-16-17-34(48)24-32(23-33)38-35(25-43)40(47(28-51-19-21-54(4,5)6)29-52-20-22-55(7,8)9)49-39(46-38)36(27-45-49)31-15-18-37(44-26-31)30-13-11-10-12-14-30/h10-15,18,26-27,32-34H,16-17,19-24,28-29H2,1-9H3/t32-,33+,34-. The molecule has 2 saturated heterocycles. The fourth-order valence-corrected chi connectivity index (χ4v) is 9.02. The van der Waals surface area contributed by atoms with Crippen molar-refractivity contribution in [3.63, 3.8) is 0 Å². The van der Waals surface area contributed by atoms with Gasteiger partial charge in [0.05, 0.1) is 17.6 Å². The fraction of sp³-hybridized carbons (Fsp3) is 0.548. The number of ether oxygens (including phenoxy) is 3. The third kappa shape index (κ3) is 10.0. The van der Waals surface area contributed by atoms with Crippen molar-refractivity contribution < 1.29 is 19.0 Å². The van der Waals surface area contributed by atoms with E-state index in [4.69, 9.17) is 29.3 Å². The number of rotatable bonds is 14. The van der Waals surface area contributed by atoms with Crippen LogP contribution in [0, 0.1) is 11.3 Å². The smallest absolute Gasteiger partial charge is 0.410 e. The van der Waals surface area contributed by atoms with Crippen molar-refractivity contribution in [2.24, 2.45) is 0 Å². The van der Waals surface area contributed by atoms with Gasteiger partial charge in [-0.3, -0.25) is 4.98 Å². The Kier molecular flexibility index (Phi) is 12.2. The minimum Gasteiger partial charge on any atom is -0.444 e. The number of hydrogen-bond donors (Lipinski definition) is 0. The number of hydrogen-bond acceptors (Lipinski definition) is 9. The number of amides is 1. The van der Waals surface area contributed by atoms with Gasteiger partial charge in [0.25, 0.3) is 0 Å². The molecule has 0 unspecified atom stereocenters. The Bertz CT molecular complexity index is 1940. The van der Waals surface area contributed by atoms with Gasteiger partial charge in [-0.25, -0.2) is 9.78 Å². The minimum atomic E-state index is -1.34. The molecule has 13 heteroatoms. The maximum absolute atomic E-state index is 13.4. The van der Waals surface area contributed by atoms with Gasteiger partial charge in [-0.05, 0) is 64.6 Å². The van der Waals surface area contributed by atoms with Crippen LogP contribution in [0.5, 0.6) is 0 Å². The second kappa shape index (κ2) is 16.6. The van der Waals surface area contributed by atoms with E-state index in [1.54, 1.807) is 4.52 Å². The monoisotopic (exact) mass is 781 g/mol. The molecule has 3 aromatic heterocycles. The van der Waals surface area contributed by atoms with Gasteiger partial charge in [-0.2, -0.15) is 14.9 Å². The maximum atomic E-state index is 13.4. The van der Waals surface area contributed by atoms with Crippen LogP contribution in [0.25, 0.3) is 28.0 Å². The molecule has 0 aliphatic carbocycles. The lowest BCUT2D eigenvalue weighted by Crippen LogP contribution is -2.48. The van der Waals surface area contributed by atoms with E-state index in [0.717, 1.165) is 53.0 Å². The van der Waals surface area contributed by atoms with Crippen molar-refractivity contribution in [3.8, 4) is 28.5 Å². The lowest BCUT2D eigenvalue weighted by atomic mass is 9.86. The van der Waals surface area contributed by atoms with Crippen molar-refractivity contribution in [1.82, 2.24) is 24.5 Å². The summed E-state index contributed by atoms with van der Waals surface area (Å²) < 4.78 is 20.4. The number of benzene rings is 1. The van der Waals surface area contributed by atoms with Crippen LogP contribution in [0.4, 0.5) is 10.6 Å². The molecule has 1 aromatic carbocycles. The van der Waals surface area contributed by atoms with Crippen LogP contribution in [-0.2, 0) is 14.2 Å². The molecule has 11 nitrogen and oxygen atoms in total. The van der Waals surface area contributed by atoms with Gasteiger partial charge in [-0.15, -0.1) is 0 Å². The summed E-state index contributed by atoms with van der Waals surface area (Å²) in [5, 5.41) is 16.0. The van der Waals surface area contributed by atoms with Gasteiger partial charge in [-0.1, -0.05) is 75.7 Å². The van der Waals surface area contributed by atoms with Crippen LogP contribution in [0.3, 0.4) is 0 Å². The van der Waals surface area contributed by atoms with E-state index < -0.39 is 21.7 Å². The molecule has 2 bridgehead atoms. The zero-order valence-electron chi connectivity index (χ0n) is 34.3. The topological polar surface area (TPSA) is 118 Å². The normalized spacial score (nSPS) is 18.8. The predicted molar refractivity (Wildman–Crippen MR) is 224 cm³/mol. The summed E-state index contributed by atoms with van der Waals surface area (Å²) in [5.74, 6) is 0.573. The first-order valence-electron chi connectivity index (χ1n) is 19.8. The number of aromatic nitrogens is 4. The molecule has 294 valence electrons. The van der Waals surface area contributed by atoms with Crippen LogP contribution < -0.4 is 4.90 Å². The summed E-state index contributed by atoms with van der Waals surface area (Å²) in [6, 6.07) is 18.8. The number of piperidine rings is 1. The Morgan fingerprint density at radius 2 is 1.51 bits per heavy atom. The number of nitriles is 1. The summed E-state index contributed by atoms with van der Waals surface area (Å²) >= 11 is 0. The quantitative estimate of drug-likeness (QED) is 0.0701. The first-order chi connectivity index (χ1) is 26.0. The summed E-state index contributed by atoms with van der Waals surface area (Å²) in [5.41, 5.74) is 4.91. The summed E-state index contributed by atoms with van der Waals surface area (Å²) in [6.07, 6.45) is 6.63. The molecule has 0 radical (unpaired) electrons. The van der Waals surface area contributed by atoms with E-state index in [1.807, 2.05) is 79.4 Å². The summed E-state index contributed by atoms with van der Waals surface area (Å²) in [4.78, 5) is 27.5. The lowest BCUT2D eigenvalue weighted by molar-refractivity contribution is 0.00568. The van der Waals surface area contributed by atoms with Crippen LogP contribution >= 0.6 is 0 Å². The number of anilines is 1. The molecule has 2 aliphatic heterocycles. The zero-order chi connectivity index (χ0) is 39.5. The van der Waals surface area contributed by atoms with Crippen molar-refractivity contribution >= 4 is 33.7 Å². The molecule has 6 rings (SSSR count). The van der Waals surface area contributed by atoms with E-state index in [0.29, 0.717) is 43.1 Å². The van der Waals surface area contributed by atoms with Crippen LogP contribution in [0.2, 0.25) is 51.4 Å². The number of fused-ring (bicyclic) bond motifs is 3. The van der Waals surface area contributed by atoms with Crippen molar-refractivity contribution in [2.75, 3.05) is 31.6 Å². The van der Waals surface area contributed by atoms with Gasteiger partial charge in [0, 0.05) is 70.3 Å². The largest absolute Gasteiger partial charge is 0.444 e. The lowest BCUT2D eigenvalue weighted by Gasteiger charge is -2.39. The SMILES string of the molecule is CC(C)(C)OC(=O)N1[C@@H]2CC[C@H]1C[C@@H](c1nc3c(-c4ccc(-c5ccccc5)nc4)cnn3c(N(COCC[Si](C)(C)C)COCC[Si](C)(C)C)c1C#N)C2. The molecule has 4 aromatic rings. The molecule has 3 atom stereocenters. The molecule has 5 heterocycles. The summed E-state index contributed by atoms with van der Waals surface area (Å²) in [7, 11) is -2.68. The minimum absolute atomic E-state index is 0.0108. The van der Waals surface area contributed by atoms with Gasteiger partial charge >= 0.3 is 6.09 Å². The van der Waals surface area contributed by atoms with Gasteiger partial charge < -0.3 is 24.0 Å². The third-order valence-corrected chi connectivity index (χ3v) is 13.8. The first-order valence-corrected chi connectivity index (χ1v) is 27.2. The van der Waals surface area contributed by atoms with E-state index in [9.17, 15) is 10.1 Å². The first kappa shape index (κ1) is 40.6. The summed E-state index contributed by atoms with van der Waals surface area (Å²) in [6.45, 7) is 21.5.